The van der Waals surface area contributed by atoms with Crippen LogP contribution in [0, 0.1) is 11.2 Å². The molecule has 2 rings (SSSR count). The lowest BCUT2D eigenvalue weighted by molar-refractivity contribution is 0.313. The van der Waals surface area contributed by atoms with E-state index in [-0.39, 0.29) is 10.9 Å². The van der Waals surface area contributed by atoms with Crippen molar-refractivity contribution in [3.8, 4) is 0 Å². The van der Waals surface area contributed by atoms with Crippen LogP contribution in [0.4, 0.5) is 10.1 Å². The smallest absolute Gasteiger partial charge is 0.175 e. The molecule has 1 atom stereocenters. The van der Waals surface area contributed by atoms with Crippen molar-refractivity contribution in [3.05, 3.63) is 24.0 Å². The van der Waals surface area contributed by atoms with Gasteiger partial charge in [-0.25, -0.2) is 12.8 Å². The Balaban J connectivity index is 2.16. The molecule has 0 heterocycles. The fraction of sp³-hybridized carbons (Fsp3) is 0.625. The third-order valence-electron chi connectivity index (χ3n) is 4.30. The molecule has 0 radical (unpaired) electrons. The van der Waals surface area contributed by atoms with Gasteiger partial charge in [-0.15, -0.1) is 0 Å². The van der Waals surface area contributed by atoms with Gasteiger partial charge in [-0.2, -0.15) is 0 Å². The maximum atomic E-state index is 13.9. The molecule has 1 fully saturated rings. The van der Waals surface area contributed by atoms with Crippen molar-refractivity contribution in [2.75, 3.05) is 11.6 Å². The lowest BCUT2D eigenvalue weighted by atomic mass is 9.85. The second-order valence-corrected chi connectivity index (χ2v) is 8.87. The predicted molar refractivity (Wildman–Crippen MR) is 83.8 cm³/mol. The number of sulfone groups is 1. The van der Waals surface area contributed by atoms with Crippen molar-refractivity contribution < 1.29 is 12.8 Å². The van der Waals surface area contributed by atoms with Crippen LogP contribution in [0.1, 0.15) is 46.0 Å². The molecule has 0 bridgehead atoms. The number of anilines is 1. The molecule has 3 nitrogen and oxygen atoms in total. The second kappa shape index (κ2) is 5.95. The van der Waals surface area contributed by atoms with Gasteiger partial charge in [0.15, 0.2) is 9.84 Å². The highest BCUT2D eigenvalue weighted by Gasteiger charge is 2.24. The van der Waals surface area contributed by atoms with E-state index in [4.69, 9.17) is 0 Å². The Morgan fingerprint density at radius 1 is 1.24 bits per heavy atom. The number of halogens is 1. The molecule has 1 saturated carbocycles. The first-order valence-corrected chi connectivity index (χ1v) is 9.33. The molecular formula is C16H24FNO2S. The molecule has 1 aliphatic rings. The van der Waals surface area contributed by atoms with Crippen molar-refractivity contribution in [3.63, 3.8) is 0 Å². The van der Waals surface area contributed by atoms with Crippen LogP contribution in [0.5, 0.6) is 0 Å². The summed E-state index contributed by atoms with van der Waals surface area (Å²) in [6.07, 6.45) is 6.49. The minimum absolute atomic E-state index is 0.153. The van der Waals surface area contributed by atoms with Gasteiger partial charge in [-0.05, 0) is 49.3 Å². The van der Waals surface area contributed by atoms with Crippen molar-refractivity contribution in [1.82, 2.24) is 0 Å². The highest BCUT2D eigenvalue weighted by molar-refractivity contribution is 7.90. The monoisotopic (exact) mass is 313 g/mol. The standard InChI is InChI=1S/C16H24FNO2S/c1-16(2)9-4-5-12(8-10-16)18-15-11-13(21(3,19)20)6-7-14(15)17/h6-7,11-12,18H,4-5,8-10H2,1-3H3. The quantitative estimate of drug-likeness (QED) is 0.677. The Labute approximate surface area is 126 Å². The van der Waals surface area contributed by atoms with Gasteiger partial charge in [0.2, 0.25) is 0 Å². The van der Waals surface area contributed by atoms with Crippen molar-refractivity contribution in [2.24, 2.45) is 5.41 Å². The van der Waals surface area contributed by atoms with Crippen LogP contribution >= 0.6 is 0 Å². The predicted octanol–water partition coefficient (Wildman–Crippen LogP) is 4.00. The average Bonchev–Trinajstić information content (AvgIpc) is 2.52. The Hall–Kier alpha value is -1.10. The Morgan fingerprint density at radius 2 is 1.95 bits per heavy atom. The summed E-state index contributed by atoms with van der Waals surface area (Å²) in [6, 6.07) is 4.14. The van der Waals surface area contributed by atoms with E-state index < -0.39 is 15.7 Å². The topological polar surface area (TPSA) is 46.2 Å². The van der Waals surface area contributed by atoms with E-state index in [9.17, 15) is 12.8 Å². The maximum Gasteiger partial charge on any atom is 0.175 e. The van der Waals surface area contributed by atoms with E-state index in [0.717, 1.165) is 31.9 Å². The van der Waals surface area contributed by atoms with Gasteiger partial charge >= 0.3 is 0 Å². The van der Waals surface area contributed by atoms with E-state index in [1.165, 1.54) is 24.6 Å². The summed E-state index contributed by atoms with van der Waals surface area (Å²) in [4.78, 5) is 0.153. The number of hydrogen-bond acceptors (Lipinski definition) is 3. The molecule has 5 heteroatoms. The summed E-state index contributed by atoms with van der Waals surface area (Å²) in [5, 5.41) is 3.20. The van der Waals surface area contributed by atoms with Crippen LogP contribution in [0.25, 0.3) is 0 Å². The number of benzene rings is 1. The SMILES string of the molecule is CC1(C)CCCC(Nc2cc(S(C)(=O)=O)ccc2F)CC1. The van der Waals surface area contributed by atoms with Crippen LogP contribution in [0.15, 0.2) is 23.1 Å². The first-order chi connectivity index (χ1) is 9.67. The lowest BCUT2D eigenvalue weighted by Crippen LogP contribution is -2.20. The zero-order chi connectivity index (χ0) is 15.7. The third-order valence-corrected chi connectivity index (χ3v) is 5.41. The summed E-state index contributed by atoms with van der Waals surface area (Å²) >= 11 is 0. The summed E-state index contributed by atoms with van der Waals surface area (Å²) in [5.74, 6) is -0.397. The molecule has 1 aromatic carbocycles. The molecule has 0 saturated heterocycles. The second-order valence-electron chi connectivity index (χ2n) is 6.85. The molecule has 0 aromatic heterocycles. The van der Waals surface area contributed by atoms with Gasteiger partial charge in [0.05, 0.1) is 10.6 Å². The fourth-order valence-electron chi connectivity index (χ4n) is 2.87. The van der Waals surface area contributed by atoms with Gasteiger partial charge in [0.25, 0.3) is 0 Å². The van der Waals surface area contributed by atoms with Crippen LogP contribution in [-0.4, -0.2) is 20.7 Å². The Morgan fingerprint density at radius 3 is 2.62 bits per heavy atom. The minimum Gasteiger partial charge on any atom is -0.380 e. The normalized spacial score (nSPS) is 22.6. The fourth-order valence-corrected chi connectivity index (χ4v) is 3.52. The summed E-state index contributed by atoms with van der Waals surface area (Å²) in [7, 11) is -3.32. The minimum atomic E-state index is -3.32. The first kappa shape index (κ1) is 16.3. The molecule has 0 spiro atoms. The molecule has 1 unspecified atom stereocenters. The molecular weight excluding hydrogens is 289 g/mol. The first-order valence-electron chi connectivity index (χ1n) is 7.44. The van der Waals surface area contributed by atoms with Gasteiger partial charge in [0.1, 0.15) is 5.82 Å². The number of rotatable bonds is 3. The Bertz CT molecular complexity index is 611. The highest BCUT2D eigenvalue weighted by Crippen LogP contribution is 2.35. The van der Waals surface area contributed by atoms with Crippen LogP contribution in [-0.2, 0) is 9.84 Å². The zero-order valence-corrected chi connectivity index (χ0v) is 13.8. The molecule has 1 aliphatic carbocycles. The summed E-state index contributed by atoms with van der Waals surface area (Å²) in [6.45, 7) is 4.53. The van der Waals surface area contributed by atoms with Crippen LogP contribution in [0.3, 0.4) is 0 Å². The van der Waals surface area contributed by atoms with Crippen LogP contribution < -0.4 is 5.32 Å². The Kier molecular flexibility index (Phi) is 4.61. The van der Waals surface area contributed by atoms with Gasteiger partial charge in [-0.3, -0.25) is 0 Å². The third kappa shape index (κ3) is 4.43. The van der Waals surface area contributed by atoms with E-state index >= 15 is 0 Å². The zero-order valence-electron chi connectivity index (χ0n) is 12.9. The van der Waals surface area contributed by atoms with Crippen molar-refractivity contribution >= 4 is 15.5 Å². The van der Waals surface area contributed by atoms with E-state index in [0.29, 0.717) is 11.1 Å². The maximum absolute atomic E-state index is 13.9. The molecule has 1 N–H and O–H groups in total. The molecule has 1 aromatic rings. The molecule has 21 heavy (non-hydrogen) atoms. The van der Waals surface area contributed by atoms with E-state index in [1.54, 1.807) is 0 Å². The number of hydrogen-bond donors (Lipinski definition) is 1. The van der Waals surface area contributed by atoms with Gasteiger partial charge < -0.3 is 5.32 Å². The van der Waals surface area contributed by atoms with Crippen LogP contribution in [0.2, 0.25) is 0 Å². The molecule has 0 amide bonds. The summed E-state index contributed by atoms with van der Waals surface area (Å²) < 4.78 is 37.1. The van der Waals surface area contributed by atoms with Crippen molar-refractivity contribution in [1.29, 1.82) is 0 Å². The van der Waals surface area contributed by atoms with Gasteiger partial charge in [-0.1, -0.05) is 20.3 Å². The lowest BCUT2D eigenvalue weighted by Gasteiger charge is -2.22. The summed E-state index contributed by atoms with van der Waals surface area (Å²) in [5.41, 5.74) is 0.631. The van der Waals surface area contributed by atoms with E-state index in [2.05, 4.69) is 19.2 Å². The largest absolute Gasteiger partial charge is 0.380 e. The average molecular weight is 313 g/mol. The highest BCUT2D eigenvalue weighted by atomic mass is 32.2. The van der Waals surface area contributed by atoms with Gasteiger partial charge in [0, 0.05) is 12.3 Å². The number of nitrogens with one attached hydrogen (secondary N) is 1. The molecule has 0 aliphatic heterocycles. The van der Waals surface area contributed by atoms with E-state index in [1.807, 2.05) is 0 Å². The van der Waals surface area contributed by atoms with Crippen molar-refractivity contribution in [2.45, 2.75) is 56.9 Å². The molecule has 118 valence electrons.